The van der Waals surface area contributed by atoms with Crippen LogP contribution in [0.2, 0.25) is 0 Å². The second-order valence-electron chi connectivity index (χ2n) is 3.08. The van der Waals surface area contributed by atoms with Gasteiger partial charge >= 0.3 is 0 Å². The molecule has 62 valence electrons. The van der Waals surface area contributed by atoms with Crippen LogP contribution in [0.25, 0.3) is 0 Å². The topological polar surface area (TPSA) is 17.1 Å². The van der Waals surface area contributed by atoms with Crippen molar-refractivity contribution in [2.24, 2.45) is 0 Å². The first-order valence-electron chi connectivity index (χ1n) is 4.09. The van der Waals surface area contributed by atoms with Crippen molar-refractivity contribution in [1.29, 1.82) is 0 Å². The largest absolute Gasteiger partial charge is 0.294 e. The normalized spacial score (nSPS) is 15.9. The maximum absolute atomic E-state index is 11.4. The van der Waals surface area contributed by atoms with E-state index < -0.39 is 0 Å². The summed E-state index contributed by atoms with van der Waals surface area (Å²) in [6, 6.07) is 6.14. The fraction of sp³-hybridized carbons (Fsp3) is 0.300. The molecule has 0 aliphatic heterocycles. The summed E-state index contributed by atoms with van der Waals surface area (Å²) >= 11 is 2.24. The molecule has 12 heavy (non-hydrogen) atoms. The lowest BCUT2D eigenvalue weighted by molar-refractivity contribution is 0.0972. The molecule has 0 unspecified atom stereocenters. The zero-order valence-corrected chi connectivity index (χ0v) is 8.80. The van der Waals surface area contributed by atoms with E-state index in [0.717, 1.165) is 28.4 Å². The molecule has 0 fully saturated rings. The fourth-order valence-corrected chi connectivity index (χ4v) is 2.09. The molecule has 0 bridgehead atoms. The molecular formula is C10H9IO. The summed E-state index contributed by atoms with van der Waals surface area (Å²) in [4.78, 5) is 11.4. The van der Waals surface area contributed by atoms with E-state index in [-0.39, 0.29) is 0 Å². The van der Waals surface area contributed by atoms with Crippen LogP contribution in [-0.4, -0.2) is 5.78 Å². The average Bonchev–Trinajstić information content (AvgIpc) is 2.07. The number of Topliss-reactive ketones (excluding diaryl/α,β-unsaturated/α-hetero) is 1. The van der Waals surface area contributed by atoms with Crippen LogP contribution in [0.15, 0.2) is 18.2 Å². The number of rotatable bonds is 0. The van der Waals surface area contributed by atoms with Crippen LogP contribution >= 0.6 is 22.6 Å². The van der Waals surface area contributed by atoms with Gasteiger partial charge in [-0.15, -0.1) is 0 Å². The minimum Gasteiger partial charge on any atom is -0.294 e. The zero-order chi connectivity index (χ0) is 8.55. The van der Waals surface area contributed by atoms with Crippen LogP contribution in [0.4, 0.5) is 0 Å². The van der Waals surface area contributed by atoms with Gasteiger partial charge in [-0.25, -0.2) is 0 Å². The first-order valence-corrected chi connectivity index (χ1v) is 5.17. The lowest BCUT2D eigenvalue weighted by Crippen LogP contribution is -2.10. The molecule has 1 aromatic rings. The highest BCUT2D eigenvalue weighted by Crippen LogP contribution is 2.22. The van der Waals surface area contributed by atoms with Gasteiger partial charge in [0, 0.05) is 15.6 Å². The minimum atomic E-state index is 0.315. The number of halogens is 1. The van der Waals surface area contributed by atoms with Crippen molar-refractivity contribution < 1.29 is 4.79 Å². The van der Waals surface area contributed by atoms with Gasteiger partial charge in [0.1, 0.15) is 0 Å². The molecule has 1 nitrogen and oxygen atoms in total. The Morgan fingerprint density at radius 1 is 1.25 bits per heavy atom. The monoisotopic (exact) mass is 272 g/mol. The van der Waals surface area contributed by atoms with Crippen LogP contribution < -0.4 is 0 Å². The van der Waals surface area contributed by atoms with Crippen molar-refractivity contribution in [2.45, 2.75) is 19.3 Å². The summed E-state index contributed by atoms with van der Waals surface area (Å²) < 4.78 is 1.15. The third-order valence-electron chi connectivity index (χ3n) is 2.22. The highest BCUT2D eigenvalue weighted by molar-refractivity contribution is 14.1. The molecule has 0 saturated heterocycles. The van der Waals surface area contributed by atoms with Gasteiger partial charge in [-0.3, -0.25) is 4.79 Å². The van der Waals surface area contributed by atoms with E-state index in [1.54, 1.807) is 0 Å². The van der Waals surface area contributed by atoms with E-state index >= 15 is 0 Å². The van der Waals surface area contributed by atoms with Gasteiger partial charge in [-0.2, -0.15) is 0 Å². The molecule has 1 aliphatic carbocycles. The Morgan fingerprint density at radius 2 is 2.08 bits per heavy atom. The summed E-state index contributed by atoms with van der Waals surface area (Å²) in [5.74, 6) is 0.315. The number of benzene rings is 1. The lowest BCUT2D eigenvalue weighted by atomic mass is 9.91. The Bertz CT molecular complexity index is 331. The lowest BCUT2D eigenvalue weighted by Gasteiger charge is -2.13. The standard InChI is InChI=1S/C10H9IO/c11-8-5-4-7-2-1-3-10(12)9(7)6-8/h4-6H,1-3H2. The van der Waals surface area contributed by atoms with Gasteiger partial charge < -0.3 is 0 Å². The van der Waals surface area contributed by atoms with E-state index in [0.29, 0.717) is 5.78 Å². The Hall–Kier alpha value is -0.380. The molecule has 2 rings (SSSR count). The molecule has 0 heterocycles. The van der Waals surface area contributed by atoms with Crippen molar-refractivity contribution in [3.63, 3.8) is 0 Å². The SMILES string of the molecule is O=C1CCCc2ccc(I)cc21. The number of aryl methyl sites for hydroxylation is 1. The minimum absolute atomic E-state index is 0.315. The highest BCUT2D eigenvalue weighted by Gasteiger charge is 2.16. The third kappa shape index (κ3) is 1.40. The van der Waals surface area contributed by atoms with E-state index in [1.807, 2.05) is 6.07 Å². The summed E-state index contributed by atoms with van der Waals surface area (Å²) in [6.07, 6.45) is 2.82. The van der Waals surface area contributed by atoms with Gasteiger partial charge in [0.05, 0.1) is 0 Å². The highest BCUT2D eigenvalue weighted by atomic mass is 127. The van der Waals surface area contributed by atoms with Gasteiger partial charge in [0.15, 0.2) is 5.78 Å². The zero-order valence-electron chi connectivity index (χ0n) is 6.64. The number of hydrogen-bond acceptors (Lipinski definition) is 1. The van der Waals surface area contributed by atoms with Crippen LogP contribution in [0, 0.1) is 3.57 Å². The number of fused-ring (bicyclic) bond motifs is 1. The van der Waals surface area contributed by atoms with E-state index in [2.05, 4.69) is 34.7 Å². The summed E-state index contributed by atoms with van der Waals surface area (Å²) in [6.45, 7) is 0. The smallest absolute Gasteiger partial charge is 0.163 e. The first-order chi connectivity index (χ1) is 5.77. The summed E-state index contributed by atoms with van der Waals surface area (Å²) in [5, 5.41) is 0. The number of carbonyl (C=O) groups excluding carboxylic acids is 1. The Labute approximate surface area is 85.3 Å². The van der Waals surface area contributed by atoms with Gasteiger partial charge in [-0.05, 0) is 53.1 Å². The fourth-order valence-electron chi connectivity index (χ4n) is 1.60. The summed E-state index contributed by atoms with van der Waals surface area (Å²) in [5.41, 5.74) is 2.18. The van der Waals surface area contributed by atoms with Crippen molar-refractivity contribution >= 4 is 28.4 Å². The molecular weight excluding hydrogens is 263 g/mol. The number of hydrogen-bond donors (Lipinski definition) is 0. The quantitative estimate of drug-likeness (QED) is 0.664. The molecule has 0 spiro atoms. The number of ketones is 1. The van der Waals surface area contributed by atoms with Crippen molar-refractivity contribution in [3.05, 3.63) is 32.9 Å². The molecule has 0 radical (unpaired) electrons. The van der Waals surface area contributed by atoms with Crippen LogP contribution in [0.1, 0.15) is 28.8 Å². The summed E-state index contributed by atoms with van der Waals surface area (Å²) in [7, 11) is 0. The van der Waals surface area contributed by atoms with Crippen molar-refractivity contribution in [1.82, 2.24) is 0 Å². The van der Waals surface area contributed by atoms with Gasteiger partial charge in [-0.1, -0.05) is 6.07 Å². The average molecular weight is 272 g/mol. The Balaban J connectivity index is 2.54. The third-order valence-corrected chi connectivity index (χ3v) is 2.89. The van der Waals surface area contributed by atoms with Crippen LogP contribution in [-0.2, 0) is 6.42 Å². The second-order valence-corrected chi connectivity index (χ2v) is 4.32. The second kappa shape index (κ2) is 3.17. The predicted octanol–water partition coefficient (Wildman–Crippen LogP) is 2.81. The van der Waals surface area contributed by atoms with Gasteiger partial charge in [0.25, 0.3) is 0 Å². The maximum atomic E-state index is 11.4. The number of carbonyl (C=O) groups is 1. The molecule has 0 atom stereocenters. The Morgan fingerprint density at radius 3 is 2.92 bits per heavy atom. The molecule has 2 heteroatoms. The van der Waals surface area contributed by atoms with Crippen LogP contribution in [0.5, 0.6) is 0 Å². The molecule has 1 aromatic carbocycles. The van der Waals surface area contributed by atoms with Crippen LogP contribution in [0.3, 0.4) is 0 Å². The first kappa shape index (κ1) is 8.23. The molecule has 0 N–H and O–H groups in total. The molecule has 0 amide bonds. The van der Waals surface area contributed by atoms with E-state index in [4.69, 9.17) is 0 Å². The maximum Gasteiger partial charge on any atom is 0.163 e. The predicted molar refractivity (Wildman–Crippen MR) is 56.4 cm³/mol. The molecule has 0 saturated carbocycles. The van der Waals surface area contributed by atoms with E-state index in [1.165, 1.54) is 5.56 Å². The van der Waals surface area contributed by atoms with E-state index in [9.17, 15) is 4.79 Å². The van der Waals surface area contributed by atoms with Gasteiger partial charge in [0.2, 0.25) is 0 Å². The van der Waals surface area contributed by atoms with Crippen molar-refractivity contribution in [3.8, 4) is 0 Å². The Kier molecular flexibility index (Phi) is 2.17. The molecule has 1 aliphatic rings. The molecule has 0 aromatic heterocycles. The van der Waals surface area contributed by atoms with Crippen molar-refractivity contribution in [2.75, 3.05) is 0 Å².